The third kappa shape index (κ3) is 1.85. The molecule has 1 fully saturated rings. The van der Waals surface area contributed by atoms with Gasteiger partial charge in [-0.25, -0.2) is 4.98 Å². The Labute approximate surface area is 90.4 Å². The number of aromatic nitrogens is 1. The molecule has 1 aliphatic heterocycles. The van der Waals surface area contributed by atoms with Crippen LogP contribution in [0.3, 0.4) is 0 Å². The molecule has 5 nitrogen and oxygen atoms in total. The molecule has 2 rings (SSSR count). The van der Waals surface area contributed by atoms with Crippen LogP contribution in [0.1, 0.15) is 15.5 Å². The molecule has 1 saturated heterocycles. The predicted molar refractivity (Wildman–Crippen MR) is 53.9 cm³/mol. The van der Waals surface area contributed by atoms with Crippen molar-refractivity contribution in [1.82, 2.24) is 9.88 Å². The van der Waals surface area contributed by atoms with Crippen LogP contribution in [0.15, 0.2) is 5.38 Å². The lowest BCUT2D eigenvalue weighted by atomic mass is 10.0. The van der Waals surface area contributed by atoms with Crippen LogP contribution < -0.4 is 0 Å². The number of nitrogens with zero attached hydrogens (tertiary/aromatic N) is 2. The number of carboxylic acids is 1. The molecule has 0 aliphatic carbocycles. The van der Waals surface area contributed by atoms with Crippen molar-refractivity contribution in [3.63, 3.8) is 0 Å². The number of carboxylic acid groups (broad SMARTS) is 1. The van der Waals surface area contributed by atoms with E-state index in [1.165, 1.54) is 16.2 Å². The first kappa shape index (κ1) is 10.1. The summed E-state index contributed by atoms with van der Waals surface area (Å²) in [5, 5.41) is 11.2. The Kier molecular flexibility index (Phi) is 2.44. The van der Waals surface area contributed by atoms with Crippen LogP contribution in [-0.4, -0.2) is 40.0 Å². The third-order valence-electron chi connectivity index (χ3n) is 2.36. The maximum absolute atomic E-state index is 11.7. The second kappa shape index (κ2) is 3.62. The standard InChI is InChI=1S/C9H10N2O3S/c1-5-10-7(4-15-5)8(12)11-2-6(3-11)9(13)14/h4,6H,2-3H2,1H3,(H,13,14). The second-order valence-electron chi connectivity index (χ2n) is 3.50. The monoisotopic (exact) mass is 226 g/mol. The van der Waals surface area contributed by atoms with Crippen molar-refractivity contribution >= 4 is 23.2 Å². The topological polar surface area (TPSA) is 70.5 Å². The van der Waals surface area contributed by atoms with Gasteiger partial charge in [-0.2, -0.15) is 0 Å². The number of carbonyl (C=O) groups excluding carboxylic acids is 1. The van der Waals surface area contributed by atoms with E-state index in [1.54, 1.807) is 5.38 Å². The third-order valence-corrected chi connectivity index (χ3v) is 3.13. The van der Waals surface area contributed by atoms with Crippen LogP contribution in [0.2, 0.25) is 0 Å². The Morgan fingerprint density at radius 3 is 2.73 bits per heavy atom. The number of rotatable bonds is 2. The quantitative estimate of drug-likeness (QED) is 0.802. The van der Waals surface area contributed by atoms with Crippen molar-refractivity contribution in [2.45, 2.75) is 6.92 Å². The predicted octanol–water partition coefficient (Wildman–Crippen LogP) is 0.608. The summed E-state index contributed by atoms with van der Waals surface area (Å²) in [6.45, 7) is 2.42. The summed E-state index contributed by atoms with van der Waals surface area (Å²) in [4.78, 5) is 27.8. The molecule has 6 heteroatoms. The zero-order valence-electron chi connectivity index (χ0n) is 8.14. The molecule has 15 heavy (non-hydrogen) atoms. The van der Waals surface area contributed by atoms with E-state index in [2.05, 4.69) is 4.98 Å². The number of aliphatic carboxylic acids is 1. The molecule has 1 N–H and O–H groups in total. The van der Waals surface area contributed by atoms with Crippen LogP contribution in [0.5, 0.6) is 0 Å². The van der Waals surface area contributed by atoms with Crippen molar-refractivity contribution < 1.29 is 14.7 Å². The van der Waals surface area contributed by atoms with Gasteiger partial charge in [0.2, 0.25) is 0 Å². The minimum Gasteiger partial charge on any atom is -0.481 e. The molecular weight excluding hydrogens is 216 g/mol. The first-order chi connectivity index (χ1) is 7.08. The number of aryl methyl sites for hydroxylation is 1. The van der Waals surface area contributed by atoms with Gasteiger partial charge in [-0.15, -0.1) is 11.3 Å². The van der Waals surface area contributed by atoms with Gasteiger partial charge in [0.05, 0.1) is 10.9 Å². The minimum atomic E-state index is -0.839. The molecule has 1 amide bonds. The summed E-state index contributed by atoms with van der Waals surface area (Å²) >= 11 is 1.42. The fourth-order valence-corrected chi connectivity index (χ4v) is 2.01. The SMILES string of the molecule is Cc1nc(C(=O)N2CC(C(=O)O)C2)cs1. The van der Waals surface area contributed by atoms with E-state index < -0.39 is 11.9 Å². The normalized spacial score (nSPS) is 16.2. The molecule has 1 aliphatic rings. The van der Waals surface area contributed by atoms with E-state index >= 15 is 0 Å². The summed E-state index contributed by atoms with van der Waals surface area (Å²) in [6, 6.07) is 0. The van der Waals surface area contributed by atoms with Crippen LogP contribution in [0.4, 0.5) is 0 Å². The molecule has 2 heterocycles. The summed E-state index contributed by atoms with van der Waals surface area (Å²) in [5.74, 6) is -1.42. The lowest BCUT2D eigenvalue weighted by molar-refractivity contribution is -0.146. The first-order valence-corrected chi connectivity index (χ1v) is 5.40. The second-order valence-corrected chi connectivity index (χ2v) is 4.56. The lowest BCUT2D eigenvalue weighted by Crippen LogP contribution is -2.53. The van der Waals surface area contributed by atoms with Crippen molar-refractivity contribution in [3.05, 3.63) is 16.1 Å². The molecule has 1 aromatic rings. The highest BCUT2D eigenvalue weighted by atomic mass is 32.1. The van der Waals surface area contributed by atoms with Crippen molar-refractivity contribution in [2.24, 2.45) is 5.92 Å². The summed E-state index contributed by atoms with van der Waals surface area (Å²) < 4.78 is 0. The van der Waals surface area contributed by atoms with Gasteiger partial charge in [0.25, 0.3) is 5.91 Å². The molecule has 0 unspecified atom stereocenters. The number of thiazole rings is 1. The highest BCUT2D eigenvalue weighted by molar-refractivity contribution is 7.09. The number of hydrogen-bond donors (Lipinski definition) is 1. The highest BCUT2D eigenvalue weighted by Crippen LogP contribution is 2.19. The zero-order chi connectivity index (χ0) is 11.0. The van der Waals surface area contributed by atoms with Gasteiger partial charge in [0, 0.05) is 18.5 Å². The summed E-state index contributed by atoms with van der Waals surface area (Å²) in [6.07, 6.45) is 0. The Morgan fingerprint density at radius 2 is 2.27 bits per heavy atom. The zero-order valence-corrected chi connectivity index (χ0v) is 8.95. The average Bonchev–Trinajstić information content (AvgIpc) is 2.48. The van der Waals surface area contributed by atoms with Crippen LogP contribution in [0.25, 0.3) is 0 Å². The van der Waals surface area contributed by atoms with Gasteiger partial charge >= 0.3 is 5.97 Å². The molecule has 1 aromatic heterocycles. The number of amides is 1. The Hall–Kier alpha value is -1.43. The van der Waals surface area contributed by atoms with Crippen molar-refractivity contribution in [3.8, 4) is 0 Å². The van der Waals surface area contributed by atoms with E-state index in [1.807, 2.05) is 6.92 Å². The number of carbonyl (C=O) groups is 2. The first-order valence-electron chi connectivity index (χ1n) is 4.52. The lowest BCUT2D eigenvalue weighted by Gasteiger charge is -2.36. The molecule has 80 valence electrons. The molecule has 0 atom stereocenters. The van der Waals surface area contributed by atoms with E-state index in [-0.39, 0.29) is 5.91 Å². The van der Waals surface area contributed by atoms with Crippen LogP contribution in [-0.2, 0) is 4.79 Å². The van der Waals surface area contributed by atoms with E-state index in [0.29, 0.717) is 18.8 Å². The number of likely N-dealkylation sites (tertiary alicyclic amines) is 1. The fourth-order valence-electron chi connectivity index (χ4n) is 1.42. The molecule has 0 aromatic carbocycles. The fraction of sp³-hybridized carbons (Fsp3) is 0.444. The van der Waals surface area contributed by atoms with E-state index in [4.69, 9.17) is 5.11 Å². The van der Waals surface area contributed by atoms with Crippen molar-refractivity contribution in [2.75, 3.05) is 13.1 Å². The van der Waals surface area contributed by atoms with Gasteiger partial charge in [-0.3, -0.25) is 9.59 Å². The maximum Gasteiger partial charge on any atom is 0.310 e. The maximum atomic E-state index is 11.7. The largest absolute Gasteiger partial charge is 0.481 e. The van der Waals surface area contributed by atoms with Gasteiger partial charge in [-0.1, -0.05) is 0 Å². The van der Waals surface area contributed by atoms with Gasteiger partial charge in [0.15, 0.2) is 0 Å². The summed E-state index contributed by atoms with van der Waals surface area (Å²) in [5.41, 5.74) is 0.418. The Bertz CT molecular complexity index is 409. The smallest absolute Gasteiger partial charge is 0.310 e. The van der Waals surface area contributed by atoms with Crippen LogP contribution in [0, 0.1) is 12.8 Å². The van der Waals surface area contributed by atoms with E-state index in [0.717, 1.165) is 5.01 Å². The summed E-state index contributed by atoms with van der Waals surface area (Å²) in [7, 11) is 0. The van der Waals surface area contributed by atoms with Gasteiger partial charge in [0.1, 0.15) is 5.69 Å². The molecule has 0 saturated carbocycles. The molecular formula is C9H10N2O3S. The molecule has 0 bridgehead atoms. The van der Waals surface area contributed by atoms with Gasteiger partial charge < -0.3 is 10.0 Å². The highest BCUT2D eigenvalue weighted by Gasteiger charge is 2.36. The number of hydrogen-bond acceptors (Lipinski definition) is 4. The molecule has 0 radical (unpaired) electrons. The van der Waals surface area contributed by atoms with E-state index in [9.17, 15) is 9.59 Å². The molecule has 0 spiro atoms. The minimum absolute atomic E-state index is 0.170. The van der Waals surface area contributed by atoms with Gasteiger partial charge in [-0.05, 0) is 6.92 Å². The Balaban J connectivity index is 1.97. The Morgan fingerprint density at radius 1 is 1.60 bits per heavy atom. The average molecular weight is 226 g/mol. The van der Waals surface area contributed by atoms with Crippen LogP contribution >= 0.6 is 11.3 Å². The van der Waals surface area contributed by atoms with Crippen molar-refractivity contribution in [1.29, 1.82) is 0 Å².